The van der Waals surface area contributed by atoms with Crippen molar-refractivity contribution in [2.45, 2.75) is 18.8 Å². The zero-order chi connectivity index (χ0) is 22.9. The predicted octanol–water partition coefficient (Wildman–Crippen LogP) is 4.76. The molecule has 166 valence electrons. The van der Waals surface area contributed by atoms with E-state index in [1.54, 1.807) is 12.7 Å². The molecule has 1 aliphatic rings. The summed E-state index contributed by atoms with van der Waals surface area (Å²) >= 11 is 5.26. The molecule has 3 aromatic carbocycles. The van der Waals surface area contributed by atoms with Crippen LogP contribution in [0.1, 0.15) is 28.9 Å². The predicted molar refractivity (Wildman–Crippen MR) is 134 cm³/mol. The lowest BCUT2D eigenvalue weighted by atomic mass is 9.79. The van der Waals surface area contributed by atoms with Crippen molar-refractivity contribution in [1.29, 1.82) is 0 Å². The highest BCUT2D eigenvalue weighted by atomic mass is 32.1. The van der Waals surface area contributed by atoms with Crippen LogP contribution in [0.15, 0.2) is 97.6 Å². The second-order valence-electron chi connectivity index (χ2n) is 8.29. The molecule has 0 amide bonds. The van der Waals surface area contributed by atoms with Gasteiger partial charge in [-0.05, 0) is 22.2 Å². The van der Waals surface area contributed by atoms with Gasteiger partial charge in [0.1, 0.15) is 11.2 Å². The number of hydrogen-bond donors (Lipinski definition) is 1. The van der Waals surface area contributed by atoms with E-state index in [1.807, 2.05) is 41.0 Å². The zero-order valence-electron chi connectivity index (χ0n) is 18.2. The van der Waals surface area contributed by atoms with E-state index >= 15 is 0 Å². The average Bonchev–Trinajstić information content (AvgIpc) is 3.52. The number of imidazole rings is 1. The average molecular weight is 464 g/mol. The summed E-state index contributed by atoms with van der Waals surface area (Å²) in [5.74, 6) is 0. The van der Waals surface area contributed by atoms with Crippen molar-refractivity contribution in [1.82, 2.24) is 19.5 Å². The van der Waals surface area contributed by atoms with Crippen LogP contribution in [0.3, 0.4) is 0 Å². The second kappa shape index (κ2) is 8.98. The molecule has 1 N–H and O–H groups in total. The number of nitrogens with zero attached hydrogens (tertiary/aromatic N) is 3. The van der Waals surface area contributed by atoms with Gasteiger partial charge in [-0.15, -0.1) is 0 Å². The SMILES string of the molecule is S=c1nc[nH]c2c1ncn2Cc1ccc(B2OC(c3ccccc3)C(c3ccccc3)O2)cc1. The zero-order valence-corrected chi connectivity index (χ0v) is 19.1. The highest BCUT2D eigenvalue weighted by Gasteiger charge is 2.42. The van der Waals surface area contributed by atoms with Gasteiger partial charge >= 0.3 is 7.12 Å². The van der Waals surface area contributed by atoms with Crippen molar-refractivity contribution < 1.29 is 9.31 Å². The lowest BCUT2D eigenvalue weighted by molar-refractivity contribution is 0.159. The van der Waals surface area contributed by atoms with Gasteiger partial charge in [-0.1, -0.05) is 97.1 Å². The van der Waals surface area contributed by atoms with Crippen molar-refractivity contribution in [3.63, 3.8) is 0 Å². The maximum atomic E-state index is 6.46. The van der Waals surface area contributed by atoms with Gasteiger partial charge in [0.2, 0.25) is 0 Å². The smallest absolute Gasteiger partial charge is 0.397 e. The molecule has 6 rings (SSSR count). The molecule has 1 fully saturated rings. The Balaban J connectivity index is 1.25. The fourth-order valence-electron chi connectivity index (χ4n) is 4.39. The van der Waals surface area contributed by atoms with Gasteiger partial charge in [0, 0.05) is 0 Å². The van der Waals surface area contributed by atoms with Crippen molar-refractivity contribution >= 4 is 36.0 Å². The molecular weight excluding hydrogens is 443 g/mol. The van der Waals surface area contributed by atoms with Crippen LogP contribution in [0, 0.1) is 4.64 Å². The van der Waals surface area contributed by atoms with Crippen LogP contribution >= 0.6 is 12.2 Å². The Morgan fingerprint density at radius 3 is 2.06 bits per heavy atom. The van der Waals surface area contributed by atoms with Crippen LogP contribution in [-0.4, -0.2) is 26.6 Å². The first-order valence-corrected chi connectivity index (χ1v) is 11.6. The topological polar surface area (TPSA) is 65.0 Å². The molecule has 2 unspecified atom stereocenters. The fraction of sp³-hybridized carbons (Fsp3) is 0.115. The van der Waals surface area contributed by atoms with E-state index in [1.165, 1.54) is 0 Å². The highest BCUT2D eigenvalue weighted by Crippen LogP contribution is 2.41. The first kappa shape index (κ1) is 21.0. The number of rotatable bonds is 5. The summed E-state index contributed by atoms with van der Waals surface area (Å²) in [6.07, 6.45) is 3.03. The minimum Gasteiger partial charge on any atom is -0.397 e. The Hall–Kier alpha value is -3.59. The Morgan fingerprint density at radius 2 is 1.44 bits per heavy atom. The van der Waals surface area contributed by atoms with Crippen molar-refractivity contribution in [2.24, 2.45) is 0 Å². The van der Waals surface area contributed by atoms with Crippen LogP contribution < -0.4 is 5.46 Å². The van der Waals surface area contributed by atoms with Crippen LogP contribution in [-0.2, 0) is 15.9 Å². The van der Waals surface area contributed by atoms with Gasteiger partial charge < -0.3 is 18.9 Å². The summed E-state index contributed by atoms with van der Waals surface area (Å²) in [5, 5.41) is 0. The van der Waals surface area contributed by atoms with Gasteiger partial charge in [-0.3, -0.25) is 0 Å². The molecule has 1 aliphatic heterocycles. The summed E-state index contributed by atoms with van der Waals surface area (Å²) in [5.41, 5.74) is 5.91. The number of H-pyrrole nitrogens is 1. The maximum absolute atomic E-state index is 6.46. The van der Waals surface area contributed by atoms with Crippen LogP contribution in [0.2, 0.25) is 0 Å². The molecule has 0 bridgehead atoms. The summed E-state index contributed by atoms with van der Waals surface area (Å²) in [4.78, 5) is 11.6. The molecule has 2 atom stereocenters. The largest absolute Gasteiger partial charge is 0.494 e. The minimum absolute atomic E-state index is 0.178. The van der Waals surface area contributed by atoms with Crippen LogP contribution in [0.25, 0.3) is 11.2 Å². The molecule has 34 heavy (non-hydrogen) atoms. The molecule has 8 heteroatoms. The van der Waals surface area contributed by atoms with Crippen molar-refractivity contribution in [3.05, 3.63) is 119 Å². The summed E-state index contributed by atoms with van der Waals surface area (Å²) in [6, 6.07) is 28.8. The molecule has 1 saturated heterocycles. The van der Waals surface area contributed by atoms with Gasteiger partial charge in [0.25, 0.3) is 0 Å². The van der Waals surface area contributed by atoms with E-state index in [-0.39, 0.29) is 12.2 Å². The quantitative estimate of drug-likeness (QED) is 0.300. The number of fused-ring (bicyclic) bond motifs is 1. The van der Waals surface area contributed by atoms with Gasteiger partial charge in [0.05, 0.1) is 31.4 Å². The summed E-state index contributed by atoms with van der Waals surface area (Å²) in [7, 11) is -0.444. The minimum atomic E-state index is -0.444. The van der Waals surface area contributed by atoms with E-state index < -0.39 is 7.12 Å². The standard InChI is InChI=1S/C26H21BN4O2S/c34-26-22-25(28-16-29-26)31(17-30-22)15-18-11-13-21(14-12-18)27-32-23(19-7-3-1-4-8-19)24(33-27)20-9-5-2-6-10-20/h1-14,16-17,23-24H,15H2,(H,28,29,34). The second-order valence-corrected chi connectivity index (χ2v) is 8.67. The molecular formula is C26H21BN4O2S. The van der Waals surface area contributed by atoms with Crippen LogP contribution in [0.4, 0.5) is 0 Å². The Morgan fingerprint density at radius 1 is 0.824 bits per heavy atom. The van der Waals surface area contributed by atoms with E-state index in [0.29, 0.717) is 16.7 Å². The summed E-state index contributed by atoms with van der Waals surface area (Å²) in [6.45, 7) is 0.664. The van der Waals surface area contributed by atoms with Gasteiger partial charge in [0.15, 0.2) is 4.64 Å². The molecule has 0 saturated carbocycles. The molecule has 0 aliphatic carbocycles. The summed E-state index contributed by atoms with van der Waals surface area (Å²) < 4.78 is 15.4. The van der Waals surface area contributed by atoms with Gasteiger partial charge in [-0.2, -0.15) is 0 Å². The fourth-order valence-corrected chi connectivity index (χ4v) is 4.59. The molecule has 0 radical (unpaired) electrons. The Labute approximate surface area is 202 Å². The van der Waals surface area contributed by atoms with Crippen molar-refractivity contribution in [3.8, 4) is 0 Å². The Bertz CT molecular complexity index is 1420. The first-order valence-electron chi connectivity index (χ1n) is 11.1. The van der Waals surface area contributed by atoms with Gasteiger partial charge in [-0.25, -0.2) is 9.97 Å². The molecule has 0 spiro atoms. The highest BCUT2D eigenvalue weighted by molar-refractivity contribution is 7.71. The van der Waals surface area contributed by atoms with Crippen molar-refractivity contribution in [2.75, 3.05) is 0 Å². The lowest BCUT2D eigenvalue weighted by Gasteiger charge is -2.19. The maximum Gasteiger partial charge on any atom is 0.494 e. The molecule has 2 aromatic heterocycles. The lowest BCUT2D eigenvalue weighted by Crippen LogP contribution is -2.31. The van der Waals surface area contributed by atoms with E-state index in [4.69, 9.17) is 21.5 Å². The molecule has 3 heterocycles. The third-order valence-corrected chi connectivity index (χ3v) is 6.40. The van der Waals surface area contributed by atoms with Crippen LogP contribution in [0.5, 0.6) is 0 Å². The number of benzene rings is 3. The first-order chi connectivity index (χ1) is 16.8. The monoisotopic (exact) mass is 464 g/mol. The molecule has 5 aromatic rings. The number of hydrogen-bond acceptors (Lipinski definition) is 5. The van der Waals surface area contributed by atoms with E-state index in [0.717, 1.165) is 27.8 Å². The van der Waals surface area contributed by atoms with E-state index in [9.17, 15) is 0 Å². The number of nitrogens with one attached hydrogen (secondary N) is 1. The third kappa shape index (κ3) is 3.96. The normalized spacial score (nSPS) is 17.9. The third-order valence-electron chi connectivity index (χ3n) is 6.10. The number of aromatic nitrogens is 4. The molecule has 6 nitrogen and oxygen atoms in total. The Kier molecular flexibility index (Phi) is 5.54. The van der Waals surface area contributed by atoms with E-state index in [2.05, 4.69) is 63.5 Å². The number of aromatic amines is 1.